The number of aromatic nitrogens is 3. The number of H-pyrrole nitrogens is 1. The molecular weight excluding hydrogens is 584 g/mol. The number of ether oxygens (including phenoxy) is 3. The molecule has 2 heterocycles. The molecule has 0 spiro atoms. The van der Waals surface area contributed by atoms with Gasteiger partial charge in [-0.1, -0.05) is 78.9 Å². The molecule has 1 aliphatic carbocycles. The Morgan fingerprint density at radius 1 is 0.889 bits per heavy atom. The van der Waals surface area contributed by atoms with Crippen LogP contribution in [0, 0.1) is 0 Å². The van der Waals surface area contributed by atoms with Crippen molar-refractivity contribution in [3.05, 3.63) is 123 Å². The van der Waals surface area contributed by atoms with E-state index in [0.29, 0.717) is 4.68 Å². The van der Waals surface area contributed by atoms with Gasteiger partial charge in [0.1, 0.15) is 43.8 Å². The van der Waals surface area contributed by atoms with E-state index in [-0.39, 0.29) is 18.9 Å². The van der Waals surface area contributed by atoms with E-state index in [1.807, 2.05) is 59.6 Å². The number of nitrogens with one attached hydrogen (secondary N) is 2. The molecule has 13 heteroatoms. The molecule has 1 amide bonds. The van der Waals surface area contributed by atoms with Crippen LogP contribution in [0.1, 0.15) is 28.8 Å². The third-order valence-corrected chi connectivity index (χ3v) is 7.91. The van der Waals surface area contributed by atoms with Gasteiger partial charge in [0, 0.05) is 12.3 Å². The fraction of sp³-hybridized carbons (Fsp3) is 0.281. The predicted molar refractivity (Wildman–Crippen MR) is 158 cm³/mol. The van der Waals surface area contributed by atoms with Crippen molar-refractivity contribution in [3.8, 4) is 11.1 Å². The van der Waals surface area contributed by atoms with E-state index >= 15 is 0 Å². The van der Waals surface area contributed by atoms with Crippen molar-refractivity contribution in [2.45, 2.75) is 42.9 Å². The first kappa shape index (κ1) is 29.9. The molecule has 232 valence electrons. The summed E-state index contributed by atoms with van der Waals surface area (Å²) in [7, 11) is 0. The number of carbonyl (C=O) groups excluding carboxylic acids is 2. The van der Waals surface area contributed by atoms with Crippen LogP contribution in [0.3, 0.4) is 0 Å². The minimum Gasteiger partial charge on any atom is -0.461 e. The number of aliphatic hydroxyl groups is 2. The van der Waals surface area contributed by atoms with Gasteiger partial charge >= 0.3 is 17.8 Å². The summed E-state index contributed by atoms with van der Waals surface area (Å²) < 4.78 is 17.3. The third kappa shape index (κ3) is 6.27. The first-order chi connectivity index (χ1) is 21.8. The van der Waals surface area contributed by atoms with Gasteiger partial charge in [0.05, 0.1) is 0 Å². The largest absolute Gasteiger partial charge is 0.461 e. The molecule has 4 N–H and O–H groups in total. The number of carbonyl (C=O) groups is 2. The predicted octanol–water partition coefficient (Wildman–Crippen LogP) is 1.24. The molecule has 45 heavy (non-hydrogen) atoms. The summed E-state index contributed by atoms with van der Waals surface area (Å²) in [6.45, 7) is -0.462. The molecule has 1 saturated heterocycles. The van der Waals surface area contributed by atoms with Gasteiger partial charge in [-0.25, -0.2) is 14.4 Å². The molecular formula is C32H30N4O9. The lowest BCUT2D eigenvalue weighted by Crippen LogP contribution is -2.45. The van der Waals surface area contributed by atoms with Crippen LogP contribution in [0.4, 0.5) is 4.79 Å². The molecule has 2 aliphatic rings. The van der Waals surface area contributed by atoms with Crippen LogP contribution in [-0.2, 0) is 25.4 Å². The Labute approximate surface area is 256 Å². The number of hydrogen-bond donors (Lipinski definition) is 4. The summed E-state index contributed by atoms with van der Waals surface area (Å²) in [5.41, 5.74) is 3.29. The number of esters is 1. The lowest BCUT2D eigenvalue weighted by molar-refractivity contribution is -0.152. The quantitative estimate of drug-likeness (QED) is 0.200. The Hall–Kier alpha value is -5.11. The van der Waals surface area contributed by atoms with Crippen molar-refractivity contribution >= 4 is 12.1 Å². The van der Waals surface area contributed by atoms with Gasteiger partial charge < -0.3 is 29.7 Å². The second-order valence-corrected chi connectivity index (χ2v) is 10.8. The SMILES string of the molecule is O=C(N[C@@H](Cc1ccccc1)C(=O)OC[C@H]1O[C@@H](n2ncc(=O)[nH]c2=O)[C@H](O)[C@@H]1O)OCC1c2ccccc2-c2ccccc21. The maximum atomic E-state index is 13.3. The first-order valence-electron chi connectivity index (χ1n) is 14.3. The van der Waals surface area contributed by atoms with Crippen molar-refractivity contribution in [2.75, 3.05) is 13.2 Å². The van der Waals surface area contributed by atoms with Crippen LogP contribution in [0.25, 0.3) is 11.1 Å². The lowest BCUT2D eigenvalue weighted by Gasteiger charge is -2.21. The van der Waals surface area contributed by atoms with E-state index < -0.39 is 60.5 Å². The fourth-order valence-electron chi connectivity index (χ4n) is 5.70. The molecule has 3 aromatic carbocycles. The van der Waals surface area contributed by atoms with Crippen molar-refractivity contribution in [2.24, 2.45) is 0 Å². The first-order valence-corrected chi connectivity index (χ1v) is 14.3. The summed E-state index contributed by atoms with van der Waals surface area (Å²) in [4.78, 5) is 51.7. The molecule has 13 nitrogen and oxygen atoms in total. The Morgan fingerprint density at radius 3 is 2.20 bits per heavy atom. The molecule has 5 atom stereocenters. The van der Waals surface area contributed by atoms with Crippen LogP contribution in [0.2, 0.25) is 0 Å². The number of aromatic amines is 1. The van der Waals surface area contributed by atoms with Crippen LogP contribution >= 0.6 is 0 Å². The molecule has 0 bridgehead atoms. The number of alkyl carbamates (subject to hydrolysis) is 1. The Bertz CT molecular complexity index is 1760. The van der Waals surface area contributed by atoms with E-state index in [2.05, 4.69) is 10.4 Å². The maximum absolute atomic E-state index is 13.3. The highest BCUT2D eigenvalue weighted by Crippen LogP contribution is 2.44. The minimum atomic E-state index is -1.61. The van der Waals surface area contributed by atoms with Gasteiger partial charge in [0.25, 0.3) is 5.56 Å². The van der Waals surface area contributed by atoms with Gasteiger partial charge in [-0.15, -0.1) is 0 Å². The number of fused-ring (bicyclic) bond motifs is 3. The second-order valence-electron chi connectivity index (χ2n) is 10.8. The zero-order valence-electron chi connectivity index (χ0n) is 23.8. The molecule has 0 radical (unpaired) electrons. The van der Waals surface area contributed by atoms with Gasteiger partial charge in [-0.3, -0.25) is 9.78 Å². The molecule has 1 aliphatic heterocycles. The van der Waals surface area contributed by atoms with E-state index in [1.54, 1.807) is 24.3 Å². The number of hydrogen-bond acceptors (Lipinski definition) is 10. The highest BCUT2D eigenvalue weighted by Gasteiger charge is 2.45. The number of aliphatic hydroxyl groups excluding tert-OH is 2. The molecule has 0 saturated carbocycles. The smallest absolute Gasteiger partial charge is 0.407 e. The maximum Gasteiger partial charge on any atom is 0.407 e. The van der Waals surface area contributed by atoms with Gasteiger partial charge in [0.2, 0.25) is 0 Å². The van der Waals surface area contributed by atoms with Gasteiger partial charge in [0.15, 0.2) is 6.23 Å². The Morgan fingerprint density at radius 2 is 1.53 bits per heavy atom. The highest BCUT2D eigenvalue weighted by molar-refractivity contribution is 5.82. The number of rotatable bonds is 9. The van der Waals surface area contributed by atoms with E-state index in [4.69, 9.17) is 14.2 Å². The Kier molecular flexibility index (Phi) is 8.56. The molecule has 4 aromatic rings. The molecule has 0 unspecified atom stereocenters. The lowest BCUT2D eigenvalue weighted by atomic mass is 9.98. The number of benzene rings is 3. The zero-order chi connectivity index (χ0) is 31.5. The van der Waals surface area contributed by atoms with Crippen LogP contribution < -0.4 is 16.6 Å². The average Bonchev–Trinajstić information content (AvgIpc) is 3.52. The van der Waals surface area contributed by atoms with Crippen LogP contribution in [0.15, 0.2) is 94.6 Å². The van der Waals surface area contributed by atoms with Crippen LogP contribution in [-0.4, -0.2) is 74.6 Å². The third-order valence-electron chi connectivity index (χ3n) is 7.91. The van der Waals surface area contributed by atoms with E-state index in [9.17, 15) is 29.4 Å². The van der Waals surface area contributed by atoms with E-state index in [0.717, 1.165) is 34.0 Å². The number of nitrogens with zero attached hydrogens (tertiary/aromatic N) is 2. The zero-order valence-corrected chi connectivity index (χ0v) is 23.8. The average molecular weight is 615 g/mol. The van der Waals surface area contributed by atoms with Crippen LogP contribution in [0.5, 0.6) is 0 Å². The normalized spacial score (nSPS) is 21.0. The number of amides is 1. The molecule has 6 rings (SSSR count). The van der Waals surface area contributed by atoms with E-state index in [1.165, 1.54) is 0 Å². The summed E-state index contributed by atoms with van der Waals surface area (Å²) in [5, 5.41) is 27.2. The topological polar surface area (TPSA) is 182 Å². The Balaban J connectivity index is 1.11. The standard InChI is InChI=1S/C32H30N4O9/c37-26-15-33-36(31(41)35-26)29-28(39)27(38)25(45-29)17-43-30(40)24(14-18-8-2-1-3-9-18)34-32(42)44-16-23-21-12-6-4-10-19(21)20-11-5-7-13-22(20)23/h1-13,15,23-25,27-29,38-39H,14,16-17H2,(H,34,42)(H,35,37,41)/t24-,25+,27+,28+,29+/m0/s1. The molecule has 1 aromatic heterocycles. The van der Waals surface area contributed by atoms with Crippen molar-refractivity contribution in [1.82, 2.24) is 20.1 Å². The summed E-state index contributed by atoms with van der Waals surface area (Å²) in [6.07, 6.45) is -5.74. The van der Waals surface area contributed by atoms with Gasteiger partial charge in [-0.2, -0.15) is 9.78 Å². The van der Waals surface area contributed by atoms with Crippen molar-refractivity contribution in [3.63, 3.8) is 0 Å². The highest BCUT2D eigenvalue weighted by atomic mass is 16.6. The minimum absolute atomic E-state index is 0.0481. The fourth-order valence-corrected chi connectivity index (χ4v) is 5.70. The summed E-state index contributed by atoms with van der Waals surface area (Å²) >= 11 is 0. The monoisotopic (exact) mass is 614 g/mol. The summed E-state index contributed by atoms with van der Waals surface area (Å²) in [6, 6.07) is 23.7. The van der Waals surface area contributed by atoms with Gasteiger partial charge in [-0.05, 0) is 27.8 Å². The molecule has 1 fully saturated rings. The second kappa shape index (κ2) is 12.9. The van der Waals surface area contributed by atoms with Crippen molar-refractivity contribution < 1.29 is 34.0 Å². The summed E-state index contributed by atoms with van der Waals surface area (Å²) in [5.74, 6) is -1.01. The van der Waals surface area contributed by atoms with Crippen molar-refractivity contribution in [1.29, 1.82) is 0 Å².